The first-order valence-corrected chi connectivity index (χ1v) is 43.0. The quantitative estimate of drug-likeness (QED) is 0.00671. The van der Waals surface area contributed by atoms with E-state index in [-0.39, 0.29) is 95.1 Å². The van der Waals surface area contributed by atoms with Crippen molar-refractivity contribution >= 4 is 44.5 Å². The number of rotatable bonds is 56. The first kappa shape index (κ1) is 113. The van der Waals surface area contributed by atoms with Gasteiger partial charge in [0.15, 0.2) is 25.2 Å². The molecule has 5 saturated heterocycles. The van der Waals surface area contributed by atoms with Gasteiger partial charge in [0.25, 0.3) is 5.79 Å². The topological polar surface area (TPSA) is 646 Å². The van der Waals surface area contributed by atoms with Crippen molar-refractivity contribution in [2.24, 2.45) is 15.0 Å². The van der Waals surface area contributed by atoms with E-state index in [9.17, 15) is 123 Å². The molecule has 0 radical (unpaired) electrons. The summed E-state index contributed by atoms with van der Waals surface area (Å²) in [5.74, 6) is -8.34. The zero-order valence-electron chi connectivity index (χ0n) is 68.9. The van der Waals surface area contributed by atoms with Crippen LogP contribution in [-0.4, -0.2) is 337 Å². The Morgan fingerprint density at radius 1 is 0.525 bits per heavy atom. The molecule has 0 amide bonds. The number of carboxylic acids is 1. The molecule has 5 rings (SSSR count). The Kier molecular flexibility index (Phi) is 56.5. The number of hydrogen-bond donors (Lipinski definition) is 17. The second-order valence-corrected chi connectivity index (χ2v) is 32.2. The average molecular weight is 1770 g/mol. The summed E-state index contributed by atoms with van der Waals surface area (Å²) in [7, 11) is -11.4. The molecule has 0 bridgehead atoms. The van der Waals surface area contributed by atoms with E-state index in [1.807, 2.05) is 0 Å². The molecule has 672 valence electrons. The van der Waals surface area contributed by atoms with Crippen molar-refractivity contribution in [2.75, 3.05) is 39.6 Å². The minimum absolute atomic E-state index is 0. The number of nitrogens with zero attached hydrogens (tertiary/aromatic N) is 3. The zero-order chi connectivity index (χ0) is 85.2. The first-order chi connectivity index (χ1) is 54.6. The molecular weight excluding hydrogens is 1640 g/mol. The van der Waals surface area contributed by atoms with E-state index in [1.165, 1.54) is 102 Å². The van der Waals surface area contributed by atoms with Crippen molar-refractivity contribution in [1.82, 2.24) is 0 Å². The summed E-state index contributed by atoms with van der Waals surface area (Å²) in [6.45, 7) is -0.982. The van der Waals surface area contributed by atoms with E-state index in [4.69, 9.17) is 51.6 Å². The van der Waals surface area contributed by atoms with Crippen LogP contribution < -0.4 is 104 Å². The van der Waals surface area contributed by atoms with Crippen LogP contribution in [0.15, 0.2) is 27.1 Å². The number of aliphatic hydroxyl groups excluding tert-OH is 14. The van der Waals surface area contributed by atoms with Crippen molar-refractivity contribution in [3.05, 3.63) is 12.2 Å². The number of aliphatic imine (C=N–C) groups is 3. The predicted octanol–water partition coefficient (Wildman–Crippen LogP) is -11.4. The summed E-state index contributed by atoms with van der Waals surface area (Å²) in [5, 5.41) is 206. The van der Waals surface area contributed by atoms with Crippen LogP contribution in [0.4, 0.5) is 0 Å². The van der Waals surface area contributed by atoms with Crippen LogP contribution in [0.25, 0.3) is 0 Å². The molecule has 40 nitrogen and oxygen atoms in total. The normalized spacial score (nSPS) is 33.1. The summed E-state index contributed by atoms with van der Waals surface area (Å²) in [4.78, 5) is 25.0. The van der Waals surface area contributed by atoms with Gasteiger partial charge in [0.2, 0.25) is 0 Å². The molecule has 0 aromatic rings. The summed E-state index contributed by atoms with van der Waals surface area (Å²) in [6, 6.07) is -5.50. The zero-order valence-corrected chi connectivity index (χ0v) is 76.6. The Bertz CT molecular complexity index is 3110. The van der Waals surface area contributed by atoms with E-state index in [1.54, 1.807) is 6.08 Å². The van der Waals surface area contributed by atoms with Gasteiger partial charge in [-0.25, -0.2) is 13.2 Å². The van der Waals surface area contributed by atoms with Crippen LogP contribution in [0.3, 0.4) is 0 Å². The number of aliphatic carboxylic acids is 1. The number of hydrogen-bond acceptors (Lipinski definition) is 37. The van der Waals surface area contributed by atoms with Crippen LogP contribution >= 0.6 is 0 Å². The van der Waals surface area contributed by atoms with Gasteiger partial charge in [-0.15, -0.1) is 0 Å². The third kappa shape index (κ3) is 37.6. The smallest absolute Gasteiger partial charge is 0.862 e. The molecule has 28 atom stereocenters. The van der Waals surface area contributed by atoms with Crippen molar-refractivity contribution in [2.45, 2.75) is 385 Å². The first-order valence-electron chi connectivity index (χ1n) is 40.2. The molecule has 17 N–H and O–H groups in total. The molecule has 0 spiro atoms. The number of carboxylic acid groups (broad SMARTS) is 1. The van der Waals surface area contributed by atoms with Crippen LogP contribution in [0.5, 0.6) is 0 Å². The standard InChI is InChI=1S/C73H131N3O37S2.3Na/c1-5-7-9-11-13-15-17-19-20-22-24-26-28-30-32-34-52(86)76-44(45(83)33-31-29-27-25-23-21-18-16-14-12-10-8-6-2)40-102-69-59(91)58(90)62(49(38-79)105-69)108-71-61(93)67(113-115(99,100)101)63(50(39-80)106-71)109-68-54(75-43(4)82)64(57(89)51(107-68)41-103-114(96,97)98)110-70-60(92)66(56(88)48(37-78)104-70)112-73(72(94)95)35-46(84)53(74-42(3)81)65(111-73)55(87)47(85)36-77;;;/h31,33,44-51,53-71,77-80,83-85,87-93H,5-30,32,34-41H2,1-4H3,(H,74,81)(H,75,82)(H,76,86)(H,94,95)(H,96,97,98)(H,99,100,101);;;/q;3*+1/p-3/b33-31-;;;/t44-,45+,46+,47+,48+,49-,50?,51+,53-,54-,55+,56-,57-,58+,59+,60-,61+,62+,63+,64-,65+,66+,67+,68-,69+,70-,71+,73+;;;/m1.../s1. The number of carbonyl (C=O) groups is 1. The predicted molar refractivity (Wildman–Crippen MR) is 397 cm³/mol. The summed E-state index contributed by atoms with van der Waals surface area (Å²) in [6.07, 6.45) is -22.9. The third-order valence-electron chi connectivity index (χ3n) is 20.8. The van der Waals surface area contributed by atoms with Crippen LogP contribution in [0, 0.1) is 0 Å². The van der Waals surface area contributed by atoms with Gasteiger partial charge in [-0.05, 0) is 57.2 Å². The molecule has 0 saturated carbocycles. The minimum Gasteiger partial charge on any atom is -0.862 e. The molecule has 0 aliphatic carbocycles. The molecule has 0 aromatic carbocycles. The fourth-order valence-corrected chi connectivity index (χ4v) is 15.3. The largest absolute Gasteiger partial charge is 1.00 e. The van der Waals surface area contributed by atoms with Crippen molar-refractivity contribution in [3.63, 3.8) is 0 Å². The Morgan fingerprint density at radius 3 is 1.45 bits per heavy atom. The van der Waals surface area contributed by atoms with Gasteiger partial charge in [-0.3, -0.25) is 24.1 Å². The van der Waals surface area contributed by atoms with Gasteiger partial charge >= 0.3 is 115 Å². The number of allylic oxidation sites excluding steroid dienone is 1. The van der Waals surface area contributed by atoms with E-state index < -0.39 is 262 Å². The van der Waals surface area contributed by atoms with E-state index in [0.29, 0.717) is 12.8 Å². The molecule has 45 heteroatoms. The Balaban J connectivity index is 0.0000157. The molecule has 0 aromatic heterocycles. The Labute approximate surface area is 757 Å². The van der Waals surface area contributed by atoms with Crippen LogP contribution in [0.1, 0.15) is 214 Å². The summed E-state index contributed by atoms with van der Waals surface area (Å²) >= 11 is 0. The molecule has 5 aliphatic rings. The average Bonchev–Trinajstić information content (AvgIpc) is 0.753. The van der Waals surface area contributed by atoms with Gasteiger partial charge in [0.05, 0.1) is 51.8 Å². The van der Waals surface area contributed by atoms with Crippen molar-refractivity contribution in [1.29, 1.82) is 0 Å². The molecule has 118 heavy (non-hydrogen) atoms. The van der Waals surface area contributed by atoms with Crippen LogP contribution in [-0.2, 0) is 81.3 Å². The fraction of sp³-hybridized carbons (Fsp3) is 0.918. The van der Waals surface area contributed by atoms with E-state index in [2.05, 4.69) is 33.0 Å². The van der Waals surface area contributed by atoms with Crippen LogP contribution in [0.2, 0.25) is 0 Å². The SMILES string of the molecule is CCCCCCCCCCCCC/C=C\[C@H](O)[C@@H](CO[C@H]1O[C@H](CO)[C@H](O[C@@H]2OC(CO)[C@H](O[C@H]3O[C@@H](COS(=O)(=O)O)[C@@H](O)[C@H](O[C@H]4O[C@@H](CO)[C@@H](O)[C@H](O[C@]5(C(=O)O)C[C@H](O)[C@@H](N=C(C)[O-])[C@@H]([C@@H](O)[C@@H](O)CO)O5)[C@H]4O)[C@H]3N=C(C)[O-])[C@@H](OS(=O)(=O)O)[C@@H]2O)[C@@H](O)[C@@H]1O)N=C([O-])CCCCCCCCCCCCCCCCC.[Na+].[Na+].[Na+]. The Hall–Kier alpha value is -0.600. The minimum atomic E-state index is -5.85. The van der Waals surface area contributed by atoms with E-state index in [0.717, 1.165) is 78.1 Å². The molecule has 1 unspecified atom stereocenters. The molecular formula is C73H128N3Na3O37S2. The third-order valence-corrected chi connectivity index (χ3v) is 21.7. The fourth-order valence-electron chi connectivity index (χ4n) is 14.5. The summed E-state index contributed by atoms with van der Waals surface area (Å²) in [5.41, 5.74) is 0. The monoisotopic (exact) mass is 1770 g/mol. The molecule has 5 aliphatic heterocycles. The van der Waals surface area contributed by atoms with Crippen molar-refractivity contribution < 1.29 is 267 Å². The molecule has 5 heterocycles. The summed E-state index contributed by atoms with van der Waals surface area (Å²) < 4.78 is 137. The van der Waals surface area contributed by atoms with Gasteiger partial charge < -0.3 is 139 Å². The van der Waals surface area contributed by atoms with Gasteiger partial charge in [0, 0.05) is 6.42 Å². The second kappa shape index (κ2) is 58.8. The number of aliphatic hydroxyl groups is 14. The number of unbranched alkanes of at least 4 members (excludes halogenated alkanes) is 25. The van der Waals surface area contributed by atoms with E-state index >= 15 is 0 Å². The molecule has 5 fully saturated rings. The van der Waals surface area contributed by atoms with Gasteiger partial charge in [0.1, 0.15) is 128 Å². The second-order valence-electron chi connectivity index (χ2n) is 30.0. The Morgan fingerprint density at radius 2 is 0.966 bits per heavy atom. The maximum atomic E-state index is 13.5. The maximum absolute atomic E-state index is 13.5. The number of ether oxygens (including phenoxy) is 10. The maximum Gasteiger partial charge on any atom is 1.00 e. The van der Waals surface area contributed by atoms with Gasteiger partial charge in [-0.2, -0.15) is 16.8 Å². The van der Waals surface area contributed by atoms with Gasteiger partial charge in [-0.1, -0.05) is 180 Å². The van der Waals surface area contributed by atoms with Crippen molar-refractivity contribution in [3.8, 4) is 0 Å².